The number of hydrogen-bond donors (Lipinski definition) is 2. The van der Waals surface area contributed by atoms with Gasteiger partial charge in [0.25, 0.3) is 0 Å². The highest BCUT2D eigenvalue weighted by atomic mass is 32.1. The van der Waals surface area contributed by atoms with Crippen LogP contribution in [0, 0.1) is 0 Å². The fraction of sp³-hybridized carbons (Fsp3) is 0.133. The number of hydrogen-bond acceptors (Lipinski definition) is 4. The number of thiophene rings is 1. The Morgan fingerprint density at radius 3 is 2.84 bits per heavy atom. The number of fused-ring (bicyclic) bond motifs is 3. The molecule has 2 aromatic carbocycles. The van der Waals surface area contributed by atoms with Crippen molar-refractivity contribution in [3.8, 4) is 0 Å². The molecular weight excluding hydrogens is 254 g/mol. The Bertz CT molecular complexity index is 788. The van der Waals surface area contributed by atoms with E-state index in [4.69, 9.17) is 0 Å². The lowest BCUT2D eigenvalue weighted by molar-refractivity contribution is 0.959. The molecule has 3 aromatic rings. The Morgan fingerprint density at radius 2 is 1.95 bits per heavy atom. The van der Waals surface area contributed by atoms with Crippen molar-refractivity contribution >= 4 is 43.2 Å². The highest BCUT2D eigenvalue weighted by Crippen LogP contribution is 2.35. The summed E-state index contributed by atoms with van der Waals surface area (Å²) in [4.78, 5) is 4.36. The predicted molar refractivity (Wildman–Crippen MR) is 83.3 cm³/mol. The Kier molecular flexibility index (Phi) is 2.42. The van der Waals surface area contributed by atoms with E-state index in [0.29, 0.717) is 0 Å². The molecule has 2 N–H and O–H groups in total. The smallest absolute Gasteiger partial charge is 0.195 e. The van der Waals surface area contributed by atoms with Gasteiger partial charge in [-0.3, -0.25) is 4.99 Å². The average Bonchev–Trinajstić information content (AvgIpc) is 3.06. The third-order valence-electron chi connectivity index (χ3n) is 3.31. The number of nitrogens with zero attached hydrogens (tertiary/aromatic N) is 1. The molecule has 4 rings (SSSR count). The molecule has 0 saturated heterocycles. The Balaban J connectivity index is 1.83. The van der Waals surface area contributed by atoms with E-state index in [0.717, 1.165) is 24.7 Å². The second kappa shape index (κ2) is 4.24. The monoisotopic (exact) mass is 267 g/mol. The maximum Gasteiger partial charge on any atom is 0.195 e. The summed E-state index contributed by atoms with van der Waals surface area (Å²) in [5.74, 6) is 0.874. The second-order valence-corrected chi connectivity index (χ2v) is 5.68. The maximum atomic E-state index is 4.36. The second-order valence-electron chi connectivity index (χ2n) is 4.59. The molecule has 4 heteroatoms. The summed E-state index contributed by atoms with van der Waals surface area (Å²) in [6, 6.07) is 15.0. The third-order valence-corrected chi connectivity index (χ3v) is 4.47. The zero-order chi connectivity index (χ0) is 12.7. The highest BCUT2D eigenvalue weighted by Gasteiger charge is 2.08. The van der Waals surface area contributed by atoms with Gasteiger partial charge in [-0.25, -0.2) is 0 Å². The number of nitrogens with one attached hydrogen (secondary N) is 2. The summed E-state index contributed by atoms with van der Waals surface area (Å²) in [5.41, 5.74) is 1.09. The van der Waals surface area contributed by atoms with Gasteiger partial charge in [0.1, 0.15) is 0 Å². The van der Waals surface area contributed by atoms with Crippen LogP contribution < -0.4 is 10.6 Å². The molecule has 0 saturated carbocycles. The minimum absolute atomic E-state index is 0.853. The number of rotatable bonds is 1. The van der Waals surface area contributed by atoms with Crippen molar-refractivity contribution in [2.45, 2.75) is 0 Å². The minimum atomic E-state index is 0.853. The van der Waals surface area contributed by atoms with Crippen molar-refractivity contribution in [2.75, 3.05) is 18.4 Å². The normalized spacial score (nSPS) is 14.6. The van der Waals surface area contributed by atoms with Gasteiger partial charge in [-0.15, -0.1) is 11.3 Å². The summed E-state index contributed by atoms with van der Waals surface area (Å²) >= 11 is 1.84. The maximum absolute atomic E-state index is 4.36. The van der Waals surface area contributed by atoms with Crippen molar-refractivity contribution in [1.29, 1.82) is 0 Å². The van der Waals surface area contributed by atoms with Gasteiger partial charge >= 0.3 is 0 Å². The molecule has 0 fully saturated rings. The van der Waals surface area contributed by atoms with Crippen LogP contribution in [0.25, 0.3) is 20.2 Å². The first-order chi connectivity index (χ1) is 9.40. The van der Waals surface area contributed by atoms with Crippen LogP contribution in [0.1, 0.15) is 0 Å². The topological polar surface area (TPSA) is 36.4 Å². The van der Waals surface area contributed by atoms with Crippen molar-refractivity contribution in [3.05, 3.63) is 42.5 Å². The van der Waals surface area contributed by atoms with Crippen LogP contribution in [0.4, 0.5) is 5.69 Å². The van der Waals surface area contributed by atoms with Gasteiger partial charge in [0.05, 0.1) is 6.54 Å². The molecule has 19 heavy (non-hydrogen) atoms. The molecule has 2 heterocycles. The average molecular weight is 267 g/mol. The molecule has 3 nitrogen and oxygen atoms in total. The van der Waals surface area contributed by atoms with E-state index in [1.54, 1.807) is 0 Å². The van der Waals surface area contributed by atoms with Crippen LogP contribution in [-0.2, 0) is 0 Å². The standard InChI is InChI=1S/C15H13N3S/c1-2-4-13-11(3-1)12-9-10(5-6-14(12)19-13)18-15-16-7-8-17-15/h1-6,9H,7-8H2,(H2,16,17,18). The van der Waals surface area contributed by atoms with E-state index in [1.807, 2.05) is 11.3 Å². The van der Waals surface area contributed by atoms with Crippen molar-refractivity contribution in [2.24, 2.45) is 4.99 Å². The number of anilines is 1. The van der Waals surface area contributed by atoms with E-state index in [1.165, 1.54) is 20.2 Å². The summed E-state index contributed by atoms with van der Waals surface area (Å²) in [5, 5.41) is 9.19. The zero-order valence-electron chi connectivity index (χ0n) is 10.3. The molecule has 0 aliphatic carbocycles. The molecule has 0 amide bonds. The quantitative estimate of drug-likeness (QED) is 0.708. The molecule has 0 atom stereocenters. The lowest BCUT2D eigenvalue weighted by atomic mass is 10.1. The number of benzene rings is 2. The first-order valence-electron chi connectivity index (χ1n) is 6.37. The summed E-state index contributed by atoms with van der Waals surface area (Å²) < 4.78 is 2.67. The SMILES string of the molecule is c1ccc2c(c1)sc1ccc(NC3=NCCN3)cc12. The van der Waals surface area contributed by atoms with Crippen LogP contribution in [0.3, 0.4) is 0 Å². The third kappa shape index (κ3) is 1.85. The summed E-state index contributed by atoms with van der Waals surface area (Å²) in [6.07, 6.45) is 0. The summed E-state index contributed by atoms with van der Waals surface area (Å²) in [6.45, 7) is 1.78. The first kappa shape index (κ1) is 10.8. The van der Waals surface area contributed by atoms with Gasteiger partial charge in [-0.1, -0.05) is 18.2 Å². The first-order valence-corrected chi connectivity index (χ1v) is 7.18. The van der Waals surface area contributed by atoms with Gasteiger partial charge < -0.3 is 10.6 Å². The van der Waals surface area contributed by atoms with Gasteiger partial charge in [-0.2, -0.15) is 0 Å². The zero-order valence-corrected chi connectivity index (χ0v) is 11.1. The van der Waals surface area contributed by atoms with Crippen LogP contribution in [0.15, 0.2) is 47.5 Å². The van der Waals surface area contributed by atoms with E-state index in [9.17, 15) is 0 Å². The van der Waals surface area contributed by atoms with E-state index in [2.05, 4.69) is 58.1 Å². The molecule has 94 valence electrons. The number of aliphatic imine (C=N–C) groups is 1. The van der Waals surface area contributed by atoms with E-state index in [-0.39, 0.29) is 0 Å². The van der Waals surface area contributed by atoms with Crippen molar-refractivity contribution in [1.82, 2.24) is 5.32 Å². The molecule has 0 bridgehead atoms. The van der Waals surface area contributed by atoms with Gasteiger partial charge in [0.2, 0.25) is 0 Å². The van der Waals surface area contributed by atoms with Gasteiger partial charge in [0, 0.05) is 32.4 Å². The Labute approximate surface area is 115 Å². The molecule has 0 unspecified atom stereocenters. The molecular formula is C15H13N3S. The fourth-order valence-corrected chi connectivity index (χ4v) is 3.51. The van der Waals surface area contributed by atoms with Gasteiger partial charge in [-0.05, 0) is 24.3 Å². The van der Waals surface area contributed by atoms with Crippen LogP contribution in [-0.4, -0.2) is 19.0 Å². The van der Waals surface area contributed by atoms with Gasteiger partial charge in [0.15, 0.2) is 5.96 Å². The molecule has 1 aliphatic rings. The van der Waals surface area contributed by atoms with Crippen molar-refractivity contribution in [3.63, 3.8) is 0 Å². The molecule has 0 radical (unpaired) electrons. The van der Waals surface area contributed by atoms with E-state index >= 15 is 0 Å². The highest BCUT2D eigenvalue weighted by molar-refractivity contribution is 7.25. The van der Waals surface area contributed by atoms with Crippen LogP contribution in [0.2, 0.25) is 0 Å². The largest absolute Gasteiger partial charge is 0.354 e. The van der Waals surface area contributed by atoms with E-state index < -0.39 is 0 Å². The fourth-order valence-electron chi connectivity index (χ4n) is 2.42. The Hall–Kier alpha value is -2.07. The summed E-state index contributed by atoms with van der Waals surface area (Å²) in [7, 11) is 0. The Morgan fingerprint density at radius 1 is 1.05 bits per heavy atom. The lowest BCUT2D eigenvalue weighted by Gasteiger charge is -2.06. The van der Waals surface area contributed by atoms with Crippen LogP contribution >= 0.6 is 11.3 Å². The lowest BCUT2D eigenvalue weighted by Crippen LogP contribution is -2.26. The predicted octanol–water partition coefficient (Wildman–Crippen LogP) is 3.43. The molecule has 0 spiro atoms. The number of guanidine groups is 1. The van der Waals surface area contributed by atoms with Crippen LogP contribution in [0.5, 0.6) is 0 Å². The minimum Gasteiger partial charge on any atom is -0.354 e. The van der Waals surface area contributed by atoms with Crippen molar-refractivity contribution < 1.29 is 0 Å². The molecule has 1 aliphatic heterocycles. The molecule has 1 aromatic heterocycles.